The lowest BCUT2D eigenvalue weighted by molar-refractivity contribution is 0.238. The molecule has 0 radical (unpaired) electrons. The first kappa shape index (κ1) is 11.1. The van der Waals surface area contributed by atoms with Crippen molar-refractivity contribution in [1.82, 2.24) is 0 Å². The molecule has 0 atom stereocenters. The molecule has 0 aliphatic heterocycles. The molecule has 1 aliphatic carbocycles. The third-order valence-electron chi connectivity index (χ3n) is 2.32. The van der Waals surface area contributed by atoms with E-state index in [4.69, 9.17) is 14.2 Å². The van der Waals surface area contributed by atoms with Gasteiger partial charge in [-0.05, 0) is 38.8 Å². The standard InChI is InChI=1S/C13H18O3/c1-9(2)15-11-6-7-12(13(8-11)14-3)16-10-4-5-10/h6-10H,4-5H2,1-3H3. The Hall–Kier alpha value is -1.38. The number of rotatable bonds is 5. The lowest BCUT2D eigenvalue weighted by atomic mass is 10.3. The second-order valence-corrected chi connectivity index (χ2v) is 4.30. The summed E-state index contributed by atoms with van der Waals surface area (Å²) in [5, 5.41) is 0. The van der Waals surface area contributed by atoms with Crippen LogP contribution in [0.25, 0.3) is 0 Å². The minimum atomic E-state index is 0.167. The first-order valence-electron chi connectivity index (χ1n) is 5.70. The molecule has 1 fully saturated rings. The zero-order chi connectivity index (χ0) is 11.5. The second kappa shape index (κ2) is 4.64. The van der Waals surface area contributed by atoms with Crippen LogP contribution in [0, 0.1) is 0 Å². The predicted molar refractivity (Wildman–Crippen MR) is 62.4 cm³/mol. The van der Waals surface area contributed by atoms with Crippen LogP contribution in [0.15, 0.2) is 18.2 Å². The van der Waals surface area contributed by atoms with E-state index < -0.39 is 0 Å². The maximum atomic E-state index is 5.73. The van der Waals surface area contributed by atoms with Crippen molar-refractivity contribution in [2.24, 2.45) is 0 Å². The van der Waals surface area contributed by atoms with Crippen LogP contribution in [0.4, 0.5) is 0 Å². The Morgan fingerprint density at radius 2 is 1.94 bits per heavy atom. The molecular formula is C13H18O3. The highest BCUT2D eigenvalue weighted by Gasteiger charge is 2.24. The molecule has 1 saturated carbocycles. The second-order valence-electron chi connectivity index (χ2n) is 4.30. The Labute approximate surface area is 96.3 Å². The summed E-state index contributed by atoms with van der Waals surface area (Å²) in [6.07, 6.45) is 2.84. The van der Waals surface area contributed by atoms with Crippen molar-refractivity contribution in [3.05, 3.63) is 18.2 Å². The summed E-state index contributed by atoms with van der Waals surface area (Å²) in [6, 6.07) is 5.70. The van der Waals surface area contributed by atoms with Crippen molar-refractivity contribution in [2.45, 2.75) is 38.9 Å². The molecule has 0 N–H and O–H groups in total. The Balaban J connectivity index is 2.12. The third kappa shape index (κ3) is 2.81. The largest absolute Gasteiger partial charge is 0.493 e. The normalized spacial score (nSPS) is 15.0. The third-order valence-corrected chi connectivity index (χ3v) is 2.32. The predicted octanol–water partition coefficient (Wildman–Crippen LogP) is 3.02. The van der Waals surface area contributed by atoms with Crippen LogP contribution < -0.4 is 14.2 Å². The van der Waals surface area contributed by atoms with E-state index in [1.807, 2.05) is 32.0 Å². The van der Waals surface area contributed by atoms with Crippen LogP contribution in [-0.4, -0.2) is 19.3 Å². The monoisotopic (exact) mass is 222 g/mol. The first-order chi connectivity index (χ1) is 7.69. The maximum absolute atomic E-state index is 5.73. The number of methoxy groups -OCH3 is 1. The van der Waals surface area contributed by atoms with Crippen molar-refractivity contribution in [3.8, 4) is 17.2 Å². The Kier molecular flexibility index (Phi) is 3.22. The topological polar surface area (TPSA) is 27.7 Å². The molecule has 0 unspecified atom stereocenters. The van der Waals surface area contributed by atoms with Crippen LogP contribution in [-0.2, 0) is 0 Å². The summed E-state index contributed by atoms with van der Waals surface area (Å²) in [4.78, 5) is 0. The fourth-order valence-corrected chi connectivity index (χ4v) is 1.46. The van der Waals surface area contributed by atoms with E-state index in [2.05, 4.69) is 0 Å². The van der Waals surface area contributed by atoms with Gasteiger partial charge in [0.15, 0.2) is 11.5 Å². The maximum Gasteiger partial charge on any atom is 0.164 e. The van der Waals surface area contributed by atoms with E-state index in [0.717, 1.165) is 30.1 Å². The summed E-state index contributed by atoms with van der Waals surface area (Å²) in [5.74, 6) is 2.36. The van der Waals surface area contributed by atoms with Gasteiger partial charge >= 0.3 is 0 Å². The number of benzene rings is 1. The van der Waals surface area contributed by atoms with Crippen molar-refractivity contribution in [3.63, 3.8) is 0 Å². The molecule has 0 spiro atoms. The van der Waals surface area contributed by atoms with E-state index in [0.29, 0.717) is 6.10 Å². The number of hydrogen-bond acceptors (Lipinski definition) is 3. The van der Waals surface area contributed by atoms with Gasteiger partial charge in [0.25, 0.3) is 0 Å². The highest BCUT2D eigenvalue weighted by Crippen LogP contribution is 2.36. The summed E-state index contributed by atoms with van der Waals surface area (Å²) >= 11 is 0. The van der Waals surface area contributed by atoms with Gasteiger partial charge in [-0.25, -0.2) is 0 Å². The molecule has 16 heavy (non-hydrogen) atoms. The molecule has 0 saturated heterocycles. The summed E-state index contributed by atoms with van der Waals surface area (Å²) < 4.78 is 16.6. The van der Waals surface area contributed by atoms with Gasteiger partial charge in [0.1, 0.15) is 5.75 Å². The van der Waals surface area contributed by atoms with Gasteiger partial charge in [-0.2, -0.15) is 0 Å². The van der Waals surface area contributed by atoms with E-state index >= 15 is 0 Å². The molecule has 3 heteroatoms. The Morgan fingerprint density at radius 3 is 2.50 bits per heavy atom. The lowest BCUT2D eigenvalue weighted by Crippen LogP contribution is -2.06. The lowest BCUT2D eigenvalue weighted by Gasteiger charge is -2.14. The van der Waals surface area contributed by atoms with E-state index in [9.17, 15) is 0 Å². The molecule has 1 aromatic carbocycles. The zero-order valence-electron chi connectivity index (χ0n) is 10.0. The number of hydrogen-bond donors (Lipinski definition) is 0. The molecule has 0 aromatic heterocycles. The van der Waals surface area contributed by atoms with Gasteiger partial charge in [0.2, 0.25) is 0 Å². The van der Waals surface area contributed by atoms with E-state index in [1.54, 1.807) is 7.11 Å². The molecule has 1 aromatic rings. The average Bonchev–Trinajstić information content (AvgIpc) is 3.03. The fraction of sp³-hybridized carbons (Fsp3) is 0.538. The minimum Gasteiger partial charge on any atom is -0.493 e. The van der Waals surface area contributed by atoms with Gasteiger partial charge in [0.05, 0.1) is 19.3 Å². The fourth-order valence-electron chi connectivity index (χ4n) is 1.46. The first-order valence-corrected chi connectivity index (χ1v) is 5.70. The number of ether oxygens (including phenoxy) is 3. The van der Waals surface area contributed by atoms with Gasteiger partial charge in [0, 0.05) is 6.07 Å². The smallest absolute Gasteiger partial charge is 0.164 e. The molecule has 3 nitrogen and oxygen atoms in total. The SMILES string of the molecule is COc1cc(OC(C)C)ccc1OC1CC1. The van der Waals surface area contributed by atoms with Crippen molar-refractivity contribution in [1.29, 1.82) is 0 Å². The molecule has 0 amide bonds. The van der Waals surface area contributed by atoms with E-state index in [-0.39, 0.29) is 6.10 Å². The van der Waals surface area contributed by atoms with Crippen LogP contribution in [0.5, 0.6) is 17.2 Å². The highest BCUT2D eigenvalue weighted by atomic mass is 16.5. The van der Waals surface area contributed by atoms with Crippen LogP contribution in [0.2, 0.25) is 0 Å². The van der Waals surface area contributed by atoms with E-state index in [1.165, 1.54) is 0 Å². The molecule has 1 aliphatic rings. The van der Waals surface area contributed by atoms with Gasteiger partial charge < -0.3 is 14.2 Å². The molecule has 88 valence electrons. The summed E-state index contributed by atoms with van der Waals surface area (Å²) in [5.41, 5.74) is 0. The van der Waals surface area contributed by atoms with Crippen LogP contribution in [0.1, 0.15) is 26.7 Å². The minimum absolute atomic E-state index is 0.167. The molecule has 0 bridgehead atoms. The van der Waals surface area contributed by atoms with Crippen molar-refractivity contribution >= 4 is 0 Å². The van der Waals surface area contributed by atoms with Crippen molar-refractivity contribution in [2.75, 3.05) is 7.11 Å². The quantitative estimate of drug-likeness (QED) is 0.766. The Bertz CT molecular complexity index is 356. The summed E-state index contributed by atoms with van der Waals surface area (Å²) in [6.45, 7) is 4.00. The Morgan fingerprint density at radius 1 is 1.19 bits per heavy atom. The van der Waals surface area contributed by atoms with Gasteiger partial charge in [-0.15, -0.1) is 0 Å². The van der Waals surface area contributed by atoms with Gasteiger partial charge in [-0.1, -0.05) is 0 Å². The van der Waals surface area contributed by atoms with Crippen LogP contribution >= 0.6 is 0 Å². The zero-order valence-corrected chi connectivity index (χ0v) is 10.0. The molecular weight excluding hydrogens is 204 g/mol. The highest BCUT2D eigenvalue weighted by molar-refractivity contribution is 5.45. The molecule has 2 rings (SSSR count). The van der Waals surface area contributed by atoms with Gasteiger partial charge in [-0.3, -0.25) is 0 Å². The van der Waals surface area contributed by atoms with Crippen molar-refractivity contribution < 1.29 is 14.2 Å². The average molecular weight is 222 g/mol. The molecule has 0 heterocycles. The summed E-state index contributed by atoms with van der Waals surface area (Å²) in [7, 11) is 1.65. The van der Waals surface area contributed by atoms with Crippen LogP contribution in [0.3, 0.4) is 0 Å².